The lowest BCUT2D eigenvalue weighted by atomic mass is 10.0. The van der Waals surface area contributed by atoms with E-state index < -0.39 is 19.1 Å². The molecule has 0 radical (unpaired) electrons. The summed E-state index contributed by atoms with van der Waals surface area (Å²) in [6.07, 6.45) is -4.78. The van der Waals surface area contributed by atoms with Crippen LogP contribution in [0.1, 0.15) is 11.6 Å². The standard InChI is InChI=1S/C13H16F4N2O.2ClH/c14-9-11(19-7-5-18-6-8-19)10-3-1-2-4-12(10)20-13(15,16)17;;/h1-4,11,18H,5-9H2;2*1H/t11-;;/m0../s1. The van der Waals surface area contributed by atoms with Crippen LogP contribution in [0.25, 0.3) is 0 Å². The van der Waals surface area contributed by atoms with Gasteiger partial charge in [0.1, 0.15) is 12.4 Å². The van der Waals surface area contributed by atoms with Crippen LogP contribution < -0.4 is 10.1 Å². The summed E-state index contributed by atoms with van der Waals surface area (Å²) in [6.45, 7) is 1.82. The Balaban J connectivity index is 0.00000220. The number of ether oxygens (including phenoxy) is 1. The Hall–Kier alpha value is -0.760. The molecule has 1 heterocycles. The van der Waals surface area contributed by atoms with E-state index in [1.807, 2.05) is 4.90 Å². The zero-order valence-electron chi connectivity index (χ0n) is 11.6. The van der Waals surface area contributed by atoms with Crippen molar-refractivity contribution < 1.29 is 22.3 Å². The number of hydrogen-bond donors (Lipinski definition) is 1. The zero-order valence-corrected chi connectivity index (χ0v) is 13.2. The fraction of sp³-hybridized carbons (Fsp3) is 0.538. The summed E-state index contributed by atoms with van der Waals surface area (Å²) in [5.74, 6) is -0.332. The van der Waals surface area contributed by atoms with Crippen LogP contribution >= 0.6 is 24.8 Å². The van der Waals surface area contributed by atoms with Gasteiger partial charge in [-0.25, -0.2) is 4.39 Å². The van der Waals surface area contributed by atoms with Gasteiger partial charge in [0.2, 0.25) is 0 Å². The number of para-hydroxylation sites is 1. The molecule has 2 rings (SSSR count). The monoisotopic (exact) mass is 364 g/mol. The fourth-order valence-corrected chi connectivity index (χ4v) is 2.34. The smallest absolute Gasteiger partial charge is 0.405 e. The molecular weight excluding hydrogens is 347 g/mol. The molecule has 1 N–H and O–H groups in total. The summed E-state index contributed by atoms with van der Waals surface area (Å²) in [6, 6.07) is 5.01. The van der Waals surface area contributed by atoms with Crippen LogP contribution in [0.5, 0.6) is 5.75 Å². The van der Waals surface area contributed by atoms with E-state index in [2.05, 4.69) is 10.1 Å². The maximum atomic E-state index is 13.3. The Labute approximate surface area is 138 Å². The first-order valence-electron chi connectivity index (χ1n) is 6.36. The largest absolute Gasteiger partial charge is 0.573 e. The van der Waals surface area contributed by atoms with Crippen LogP contribution in [0.2, 0.25) is 0 Å². The van der Waals surface area contributed by atoms with Crippen molar-refractivity contribution in [2.24, 2.45) is 0 Å². The maximum absolute atomic E-state index is 13.3. The van der Waals surface area contributed by atoms with Crippen molar-refractivity contribution in [2.75, 3.05) is 32.9 Å². The molecule has 0 amide bonds. The summed E-state index contributed by atoms with van der Waals surface area (Å²) >= 11 is 0. The number of nitrogens with one attached hydrogen (secondary N) is 1. The molecule has 1 aliphatic rings. The number of rotatable bonds is 4. The molecule has 0 aromatic heterocycles. The van der Waals surface area contributed by atoms with E-state index in [1.54, 1.807) is 6.07 Å². The summed E-state index contributed by atoms with van der Waals surface area (Å²) in [5, 5.41) is 3.12. The van der Waals surface area contributed by atoms with Gasteiger partial charge in [0, 0.05) is 31.7 Å². The number of halogens is 6. The number of benzene rings is 1. The third-order valence-electron chi connectivity index (χ3n) is 3.24. The molecule has 0 unspecified atom stereocenters. The van der Waals surface area contributed by atoms with Gasteiger partial charge < -0.3 is 10.1 Å². The summed E-state index contributed by atoms with van der Waals surface area (Å²) in [5.41, 5.74) is 0.231. The van der Waals surface area contributed by atoms with E-state index >= 15 is 0 Å². The first kappa shape index (κ1) is 21.2. The minimum Gasteiger partial charge on any atom is -0.405 e. The van der Waals surface area contributed by atoms with Crippen molar-refractivity contribution in [2.45, 2.75) is 12.4 Å². The Morgan fingerprint density at radius 3 is 2.27 bits per heavy atom. The highest BCUT2D eigenvalue weighted by Crippen LogP contribution is 2.33. The van der Waals surface area contributed by atoms with Crippen LogP contribution in [-0.4, -0.2) is 44.1 Å². The highest BCUT2D eigenvalue weighted by molar-refractivity contribution is 5.85. The minimum atomic E-state index is -4.78. The lowest BCUT2D eigenvalue weighted by Crippen LogP contribution is -2.45. The van der Waals surface area contributed by atoms with E-state index in [9.17, 15) is 17.6 Å². The van der Waals surface area contributed by atoms with Crippen LogP contribution in [0.4, 0.5) is 17.6 Å². The van der Waals surface area contributed by atoms with Gasteiger partial charge in [0.15, 0.2) is 0 Å². The van der Waals surface area contributed by atoms with Crippen molar-refractivity contribution in [3.8, 4) is 5.75 Å². The van der Waals surface area contributed by atoms with E-state index in [1.165, 1.54) is 18.2 Å². The van der Waals surface area contributed by atoms with Crippen LogP contribution in [0.3, 0.4) is 0 Å². The van der Waals surface area contributed by atoms with Gasteiger partial charge in [-0.2, -0.15) is 0 Å². The van der Waals surface area contributed by atoms with E-state index in [0.717, 1.165) is 0 Å². The number of nitrogens with zero attached hydrogens (tertiary/aromatic N) is 1. The molecule has 0 saturated carbocycles. The van der Waals surface area contributed by atoms with Crippen molar-refractivity contribution in [3.63, 3.8) is 0 Å². The quantitative estimate of drug-likeness (QED) is 0.829. The van der Waals surface area contributed by atoms with Gasteiger partial charge in [-0.3, -0.25) is 4.90 Å². The molecule has 1 saturated heterocycles. The minimum absolute atomic E-state index is 0. The highest BCUT2D eigenvalue weighted by atomic mass is 35.5. The first-order chi connectivity index (χ1) is 9.51. The number of piperazine rings is 1. The molecule has 0 spiro atoms. The third-order valence-corrected chi connectivity index (χ3v) is 3.24. The predicted molar refractivity (Wildman–Crippen MR) is 80.8 cm³/mol. The highest BCUT2D eigenvalue weighted by Gasteiger charge is 2.34. The zero-order chi connectivity index (χ0) is 14.6. The molecule has 1 aliphatic heterocycles. The van der Waals surface area contributed by atoms with Gasteiger partial charge in [-0.15, -0.1) is 38.0 Å². The molecule has 9 heteroatoms. The Bertz CT molecular complexity index is 442. The molecule has 22 heavy (non-hydrogen) atoms. The molecule has 0 aliphatic carbocycles. The lowest BCUT2D eigenvalue weighted by molar-refractivity contribution is -0.275. The molecule has 1 aromatic rings. The number of alkyl halides is 4. The average molecular weight is 365 g/mol. The van der Waals surface area contributed by atoms with Gasteiger partial charge in [-0.1, -0.05) is 18.2 Å². The van der Waals surface area contributed by atoms with Gasteiger partial charge >= 0.3 is 6.36 Å². The van der Waals surface area contributed by atoms with E-state index in [4.69, 9.17) is 0 Å². The van der Waals surface area contributed by atoms with Crippen molar-refractivity contribution in [1.29, 1.82) is 0 Å². The van der Waals surface area contributed by atoms with Crippen LogP contribution in [0, 0.1) is 0 Å². The second-order valence-corrected chi connectivity index (χ2v) is 4.54. The average Bonchev–Trinajstić information content (AvgIpc) is 2.41. The molecule has 1 fully saturated rings. The van der Waals surface area contributed by atoms with Crippen LogP contribution in [-0.2, 0) is 0 Å². The molecule has 1 atom stereocenters. The van der Waals surface area contributed by atoms with Crippen molar-refractivity contribution in [1.82, 2.24) is 10.2 Å². The Morgan fingerprint density at radius 2 is 1.73 bits per heavy atom. The number of hydrogen-bond acceptors (Lipinski definition) is 3. The maximum Gasteiger partial charge on any atom is 0.573 e. The van der Waals surface area contributed by atoms with E-state index in [-0.39, 0.29) is 36.1 Å². The fourth-order valence-electron chi connectivity index (χ4n) is 2.34. The molecule has 128 valence electrons. The topological polar surface area (TPSA) is 24.5 Å². The van der Waals surface area contributed by atoms with E-state index in [0.29, 0.717) is 26.2 Å². The third kappa shape index (κ3) is 5.79. The second kappa shape index (κ2) is 9.39. The van der Waals surface area contributed by atoms with Gasteiger partial charge in [0.05, 0.1) is 6.04 Å². The normalized spacial score (nSPS) is 17.1. The summed E-state index contributed by atoms with van der Waals surface area (Å²) in [7, 11) is 0. The SMILES string of the molecule is Cl.Cl.FC[C@@H](c1ccccc1OC(F)(F)F)N1CCNCC1. The lowest BCUT2D eigenvalue weighted by Gasteiger charge is -2.34. The first-order valence-corrected chi connectivity index (χ1v) is 6.36. The molecule has 0 bridgehead atoms. The Kier molecular flexibility index (Phi) is 9.07. The Morgan fingerprint density at radius 1 is 1.14 bits per heavy atom. The molecule has 1 aromatic carbocycles. The van der Waals surface area contributed by atoms with Crippen molar-refractivity contribution >= 4 is 24.8 Å². The predicted octanol–water partition coefficient (Wildman–Crippen LogP) is 3.34. The summed E-state index contributed by atoms with van der Waals surface area (Å²) in [4.78, 5) is 1.83. The van der Waals surface area contributed by atoms with Gasteiger partial charge in [0.25, 0.3) is 0 Å². The van der Waals surface area contributed by atoms with Crippen LogP contribution in [0.15, 0.2) is 24.3 Å². The van der Waals surface area contributed by atoms with Crippen molar-refractivity contribution in [3.05, 3.63) is 29.8 Å². The summed E-state index contributed by atoms with van der Waals surface area (Å²) < 4.78 is 54.5. The van der Waals surface area contributed by atoms with Gasteiger partial charge in [-0.05, 0) is 6.07 Å². The second-order valence-electron chi connectivity index (χ2n) is 4.54. The molecule has 3 nitrogen and oxygen atoms in total. The molecular formula is C13H18Cl2F4N2O.